The summed E-state index contributed by atoms with van der Waals surface area (Å²) in [5.74, 6) is -0.602. The molecule has 0 spiro atoms. The molecule has 2 N–H and O–H groups in total. The average Bonchev–Trinajstić information content (AvgIpc) is 2.77. The standard InChI is InChI=1S/C12H19N3O9S2/c16-11(13-23-9-3-5-25(18,19)6-4-9)10-2-1-8-7-14(10)12(17)15(8)24-26(20,21)22/h8-10H,1-7H2,(H,13,16)(H,20,21,22)/t8-,10+/m1/s1. The number of urea groups is 1. The van der Waals surface area contributed by atoms with Gasteiger partial charge in [0.2, 0.25) is 0 Å². The van der Waals surface area contributed by atoms with Crippen molar-refractivity contribution in [2.24, 2.45) is 0 Å². The summed E-state index contributed by atoms with van der Waals surface area (Å²) in [7, 11) is -7.89. The van der Waals surface area contributed by atoms with E-state index >= 15 is 0 Å². The summed E-state index contributed by atoms with van der Waals surface area (Å²) < 4.78 is 57.4. The second-order valence-corrected chi connectivity index (χ2v) is 9.75. The highest BCUT2D eigenvalue weighted by molar-refractivity contribution is 7.91. The van der Waals surface area contributed by atoms with Gasteiger partial charge in [-0.25, -0.2) is 18.7 Å². The summed E-state index contributed by atoms with van der Waals surface area (Å²) in [5, 5.41) is 0.551. The normalized spacial score (nSPS) is 29.0. The molecular formula is C12H19N3O9S2. The third-order valence-electron chi connectivity index (χ3n) is 4.63. The van der Waals surface area contributed by atoms with E-state index < -0.39 is 50.4 Å². The molecular weight excluding hydrogens is 394 g/mol. The Balaban J connectivity index is 1.55. The highest BCUT2D eigenvalue weighted by atomic mass is 32.3. The van der Waals surface area contributed by atoms with Gasteiger partial charge in [-0.2, -0.15) is 13.5 Å². The van der Waals surface area contributed by atoms with E-state index in [1.54, 1.807) is 0 Å². The van der Waals surface area contributed by atoms with Crippen LogP contribution in [0.4, 0.5) is 4.79 Å². The molecule has 0 aromatic carbocycles. The van der Waals surface area contributed by atoms with E-state index in [2.05, 4.69) is 9.76 Å². The minimum Gasteiger partial charge on any atom is -0.309 e. The predicted molar refractivity (Wildman–Crippen MR) is 84.3 cm³/mol. The van der Waals surface area contributed by atoms with Gasteiger partial charge in [-0.3, -0.25) is 14.2 Å². The third kappa shape index (κ3) is 4.25. The number of amides is 3. The zero-order valence-electron chi connectivity index (χ0n) is 13.6. The molecule has 3 rings (SSSR count). The van der Waals surface area contributed by atoms with Crippen LogP contribution in [-0.4, -0.2) is 79.5 Å². The molecule has 0 saturated carbocycles. The number of carbonyl (C=O) groups excluding carboxylic acids is 2. The number of carbonyl (C=O) groups is 2. The molecule has 3 saturated heterocycles. The van der Waals surface area contributed by atoms with Crippen molar-refractivity contribution in [2.75, 3.05) is 18.1 Å². The van der Waals surface area contributed by atoms with E-state index in [-0.39, 0.29) is 37.3 Å². The van der Waals surface area contributed by atoms with Crippen molar-refractivity contribution in [3.05, 3.63) is 0 Å². The molecule has 0 aromatic heterocycles. The summed E-state index contributed by atoms with van der Waals surface area (Å²) in [6.45, 7) is 0.0775. The Morgan fingerprint density at radius 2 is 1.85 bits per heavy atom. The van der Waals surface area contributed by atoms with Crippen LogP contribution in [0.2, 0.25) is 0 Å². The zero-order valence-corrected chi connectivity index (χ0v) is 15.2. The van der Waals surface area contributed by atoms with Crippen molar-refractivity contribution in [1.82, 2.24) is 15.4 Å². The van der Waals surface area contributed by atoms with Gasteiger partial charge in [-0.05, 0) is 25.7 Å². The molecule has 3 heterocycles. The Labute approximate surface area is 150 Å². The molecule has 3 amide bonds. The van der Waals surface area contributed by atoms with Gasteiger partial charge in [0.15, 0.2) is 9.84 Å². The van der Waals surface area contributed by atoms with Crippen molar-refractivity contribution in [3.8, 4) is 0 Å². The zero-order chi connectivity index (χ0) is 19.1. The van der Waals surface area contributed by atoms with Crippen LogP contribution in [-0.2, 0) is 34.2 Å². The molecule has 14 heteroatoms. The minimum absolute atomic E-state index is 0.00874. The van der Waals surface area contributed by atoms with Gasteiger partial charge in [0.05, 0.1) is 23.7 Å². The van der Waals surface area contributed by atoms with Crippen molar-refractivity contribution in [2.45, 2.75) is 43.9 Å². The lowest BCUT2D eigenvalue weighted by molar-refractivity contribution is -0.144. The van der Waals surface area contributed by atoms with Gasteiger partial charge >= 0.3 is 16.4 Å². The molecule has 0 unspecified atom stereocenters. The van der Waals surface area contributed by atoms with E-state index in [9.17, 15) is 26.4 Å². The van der Waals surface area contributed by atoms with Gasteiger partial charge in [-0.15, -0.1) is 4.28 Å². The molecule has 2 bridgehead atoms. The van der Waals surface area contributed by atoms with Crippen molar-refractivity contribution >= 4 is 32.2 Å². The molecule has 0 aromatic rings. The summed E-state index contributed by atoms with van der Waals surface area (Å²) in [6.07, 6.45) is 0.683. The number of fused-ring (bicyclic) bond motifs is 2. The summed E-state index contributed by atoms with van der Waals surface area (Å²) in [4.78, 5) is 30.9. The number of rotatable bonds is 5. The minimum atomic E-state index is -4.85. The maximum absolute atomic E-state index is 12.3. The number of hydrogen-bond donors (Lipinski definition) is 2. The van der Waals surface area contributed by atoms with Crippen LogP contribution in [0.25, 0.3) is 0 Å². The fraction of sp³-hybridized carbons (Fsp3) is 0.833. The first-order chi connectivity index (χ1) is 12.1. The van der Waals surface area contributed by atoms with E-state index in [1.807, 2.05) is 0 Å². The number of hydrogen-bond acceptors (Lipinski definition) is 8. The van der Waals surface area contributed by atoms with Crippen molar-refractivity contribution < 1.29 is 40.1 Å². The molecule has 12 nitrogen and oxygen atoms in total. The second kappa shape index (κ2) is 6.92. The fourth-order valence-corrected chi connectivity index (χ4v) is 5.14. The van der Waals surface area contributed by atoms with Crippen molar-refractivity contribution in [1.29, 1.82) is 0 Å². The van der Waals surface area contributed by atoms with Crippen molar-refractivity contribution in [3.63, 3.8) is 0 Å². The first kappa shape index (κ1) is 19.3. The predicted octanol–water partition coefficient (Wildman–Crippen LogP) is -1.39. The Kier molecular flexibility index (Phi) is 5.13. The quantitative estimate of drug-likeness (QED) is 0.409. The number of nitrogens with one attached hydrogen (secondary N) is 1. The van der Waals surface area contributed by atoms with E-state index in [4.69, 9.17) is 9.39 Å². The first-order valence-corrected chi connectivity index (χ1v) is 11.2. The van der Waals surface area contributed by atoms with Crippen LogP contribution >= 0.6 is 0 Å². The van der Waals surface area contributed by atoms with Gasteiger partial charge in [0.25, 0.3) is 5.91 Å². The molecule has 26 heavy (non-hydrogen) atoms. The smallest absolute Gasteiger partial charge is 0.309 e. The van der Waals surface area contributed by atoms with Gasteiger partial charge < -0.3 is 4.90 Å². The van der Waals surface area contributed by atoms with Gasteiger partial charge in [-0.1, -0.05) is 0 Å². The summed E-state index contributed by atoms with van der Waals surface area (Å²) >= 11 is 0. The number of piperidine rings is 1. The molecule has 3 aliphatic heterocycles. The van der Waals surface area contributed by atoms with Gasteiger partial charge in [0, 0.05) is 6.54 Å². The molecule has 3 aliphatic rings. The van der Waals surface area contributed by atoms with Crippen LogP contribution < -0.4 is 5.48 Å². The highest BCUT2D eigenvalue weighted by Gasteiger charge is 2.49. The highest BCUT2D eigenvalue weighted by Crippen LogP contribution is 2.30. The number of nitrogens with zero attached hydrogens (tertiary/aromatic N) is 2. The lowest BCUT2D eigenvalue weighted by Crippen LogP contribution is -2.50. The van der Waals surface area contributed by atoms with E-state index in [0.717, 1.165) is 4.90 Å². The lowest BCUT2D eigenvalue weighted by atomic mass is 10.0. The summed E-state index contributed by atoms with van der Waals surface area (Å²) in [6, 6.07) is -2.30. The summed E-state index contributed by atoms with van der Waals surface area (Å²) in [5.41, 5.74) is 2.26. The Morgan fingerprint density at radius 3 is 2.46 bits per heavy atom. The number of hydroxylamine groups is 3. The molecule has 2 atom stereocenters. The van der Waals surface area contributed by atoms with Crippen LogP contribution in [0.15, 0.2) is 0 Å². The van der Waals surface area contributed by atoms with Crippen LogP contribution in [0.5, 0.6) is 0 Å². The molecule has 0 aliphatic carbocycles. The maximum Gasteiger partial charge on any atom is 0.418 e. The SMILES string of the molecule is O=C(NOC1CCS(=O)(=O)CC1)[C@@H]1CC[C@@H]2CN1C(=O)N2OS(=O)(=O)O. The monoisotopic (exact) mass is 413 g/mol. The van der Waals surface area contributed by atoms with Crippen LogP contribution in [0, 0.1) is 0 Å². The number of sulfone groups is 1. The largest absolute Gasteiger partial charge is 0.418 e. The van der Waals surface area contributed by atoms with E-state index in [0.29, 0.717) is 11.5 Å². The average molecular weight is 413 g/mol. The topological polar surface area (TPSA) is 160 Å². The third-order valence-corrected chi connectivity index (χ3v) is 6.69. The Bertz CT molecular complexity index is 783. The maximum atomic E-state index is 12.3. The van der Waals surface area contributed by atoms with Gasteiger partial charge in [0.1, 0.15) is 6.04 Å². The Morgan fingerprint density at radius 1 is 1.19 bits per heavy atom. The molecule has 0 radical (unpaired) electrons. The lowest BCUT2D eigenvalue weighted by Gasteiger charge is -2.30. The van der Waals surface area contributed by atoms with E-state index in [1.165, 1.54) is 0 Å². The second-order valence-electron chi connectivity index (χ2n) is 6.45. The first-order valence-electron chi connectivity index (χ1n) is 7.98. The molecule has 3 fully saturated rings. The molecule has 148 valence electrons. The fourth-order valence-electron chi connectivity index (χ4n) is 3.30. The van der Waals surface area contributed by atoms with Crippen LogP contribution in [0.1, 0.15) is 25.7 Å². The Hall–Kier alpha value is -1.48. The van der Waals surface area contributed by atoms with Crippen LogP contribution in [0.3, 0.4) is 0 Å².